The van der Waals surface area contributed by atoms with Crippen molar-refractivity contribution in [2.24, 2.45) is 0 Å². The summed E-state index contributed by atoms with van der Waals surface area (Å²) < 4.78 is 27.1. The Morgan fingerprint density at radius 3 is 0.897 bits per heavy atom. The molecule has 4 nitrogen and oxygen atoms in total. The Balaban J connectivity index is 0.000000147. The Morgan fingerprint density at radius 2 is 0.495 bits per heavy atom. The largest absolute Gasteiger partial charge is 0.311 e. The highest BCUT2D eigenvalue weighted by atomic mass is 14.6. The third-order valence-corrected chi connectivity index (χ3v) is 19.0. The van der Waals surface area contributed by atoms with Gasteiger partial charge >= 0.3 is 24.3 Å². The van der Waals surface area contributed by atoms with Crippen molar-refractivity contribution in [1.29, 1.82) is 0 Å². The van der Waals surface area contributed by atoms with Gasteiger partial charge < -0.3 is 0 Å². The van der Waals surface area contributed by atoms with Gasteiger partial charge in [0.2, 0.25) is 0 Å². The number of nitrogens with zero attached hydrogens (tertiary/aromatic N) is 4. The number of hydrogen-bond donors (Lipinski definition) is 0. The van der Waals surface area contributed by atoms with Crippen molar-refractivity contribution in [2.75, 3.05) is 28.2 Å². The second-order valence-electron chi connectivity index (χ2n) is 26.5. The molecular weight excluding hydrogens is 1290 g/mol. The second-order valence-corrected chi connectivity index (χ2v) is 26.5. The van der Waals surface area contributed by atoms with Crippen LogP contribution in [0.25, 0.3) is 86.1 Å². The fourth-order valence-electron chi connectivity index (χ4n) is 14.0. The summed E-state index contributed by atoms with van der Waals surface area (Å²) >= 11 is 0. The Kier molecular flexibility index (Phi) is 26.1. The maximum absolute atomic E-state index is 9.11. The third-order valence-electron chi connectivity index (χ3n) is 19.0. The lowest BCUT2D eigenvalue weighted by molar-refractivity contribution is 0.723. The average molecular weight is 1390 g/mol. The SMILES string of the molecule is CC#Cc1ccccc1C#Cc1ccccc1C#[N+]C.[2H]C1(c2cc(-c3cccc(C#CC)c3)cc(-c3cccc(C#[N+]C)c3)c2)CCCC1.[2H]C1(c2cc(C#CC)cc(-c3cccc(-c4cccc(C#[N+]C)c4)c3)c2)CCCC1.[2H]C1(c2cc(C#[N+]C)cc(-c3cccc(-c4cccc(C#CC)c4)c3)c2)CCCC1. The van der Waals surface area contributed by atoms with Gasteiger partial charge in [-0.1, -0.05) is 227 Å². The molecular formula is C103H92N4+4. The predicted octanol–water partition coefficient (Wildman–Crippen LogP) is 25.8. The molecule has 14 rings (SSSR count). The van der Waals surface area contributed by atoms with Crippen molar-refractivity contribution < 1.29 is 4.11 Å². The molecule has 107 heavy (non-hydrogen) atoms. The van der Waals surface area contributed by atoms with Crippen molar-refractivity contribution in [3.63, 3.8) is 0 Å². The average Bonchev–Trinajstić information content (AvgIpc) is 1.08. The quantitative estimate of drug-likeness (QED) is 0.128. The van der Waals surface area contributed by atoms with E-state index in [1.165, 1.54) is 0 Å². The van der Waals surface area contributed by atoms with Crippen LogP contribution in [-0.2, 0) is 0 Å². The van der Waals surface area contributed by atoms with E-state index in [1.807, 2.05) is 113 Å². The van der Waals surface area contributed by atoms with E-state index in [-0.39, 0.29) is 0 Å². The van der Waals surface area contributed by atoms with Crippen molar-refractivity contribution in [2.45, 2.75) is 122 Å². The minimum atomic E-state index is -0.500. The molecule has 3 fully saturated rings. The smallest absolute Gasteiger partial charge is 0.101 e. The molecule has 11 aromatic rings. The van der Waals surface area contributed by atoms with Gasteiger partial charge in [0.25, 0.3) is 28.2 Å². The zero-order valence-electron chi connectivity index (χ0n) is 65.9. The lowest BCUT2D eigenvalue weighted by atomic mass is 9.89. The van der Waals surface area contributed by atoms with Crippen LogP contribution in [0.5, 0.6) is 0 Å². The summed E-state index contributed by atoms with van der Waals surface area (Å²) in [5.41, 5.74) is 26.6. The summed E-state index contributed by atoms with van der Waals surface area (Å²) in [6, 6.07) is 97.7. The van der Waals surface area contributed by atoms with Gasteiger partial charge in [0.05, 0.1) is 0 Å². The van der Waals surface area contributed by atoms with Gasteiger partial charge in [-0.3, -0.25) is 0 Å². The van der Waals surface area contributed by atoms with E-state index in [9.17, 15) is 0 Å². The monoisotopic (exact) mass is 1390 g/mol. The van der Waals surface area contributed by atoms with Crippen LogP contribution in [0, 0.1) is 83.5 Å². The molecule has 0 bridgehead atoms. The van der Waals surface area contributed by atoms with E-state index in [0.29, 0.717) is 0 Å². The molecule has 520 valence electrons. The molecule has 0 saturated heterocycles. The van der Waals surface area contributed by atoms with E-state index >= 15 is 0 Å². The van der Waals surface area contributed by atoms with Crippen LogP contribution < -0.4 is 0 Å². The van der Waals surface area contributed by atoms with Gasteiger partial charge in [-0.2, -0.15) is 0 Å². The van der Waals surface area contributed by atoms with Gasteiger partial charge in [-0.15, -0.1) is 23.7 Å². The first-order valence-electron chi connectivity index (χ1n) is 38.6. The lowest BCUT2D eigenvalue weighted by Crippen LogP contribution is -1.95. The summed E-state index contributed by atoms with van der Waals surface area (Å²) in [4.78, 5) is 16.1. The molecule has 0 atom stereocenters. The highest BCUT2D eigenvalue weighted by Gasteiger charge is 2.22. The van der Waals surface area contributed by atoms with E-state index in [2.05, 4.69) is 267 Å². The van der Waals surface area contributed by atoms with Crippen molar-refractivity contribution in [3.8, 4) is 150 Å². The van der Waals surface area contributed by atoms with Crippen LogP contribution in [0.15, 0.2) is 249 Å². The van der Waals surface area contributed by atoms with Crippen LogP contribution in [-0.4, -0.2) is 28.2 Å². The normalized spacial score (nSPS) is 13.7. The fraction of sp³-hybridized carbons (Fsp3) is 0.223. The highest BCUT2D eigenvalue weighted by molar-refractivity contribution is 5.79. The van der Waals surface area contributed by atoms with Crippen molar-refractivity contribution >= 4 is 0 Å². The van der Waals surface area contributed by atoms with Crippen LogP contribution in [0.1, 0.15) is 199 Å². The molecule has 0 amide bonds. The Hall–Kier alpha value is -12.8. The molecule has 3 aliphatic rings. The molecule has 11 aromatic carbocycles. The Bertz CT molecular complexity index is 5470. The van der Waals surface area contributed by atoms with Crippen LogP contribution >= 0.6 is 0 Å². The first-order valence-corrected chi connectivity index (χ1v) is 37.1. The van der Waals surface area contributed by atoms with E-state index in [0.717, 1.165) is 216 Å². The zero-order chi connectivity index (χ0) is 77.1. The molecule has 0 spiro atoms. The van der Waals surface area contributed by atoms with Crippen LogP contribution in [0.4, 0.5) is 0 Å². The van der Waals surface area contributed by atoms with Crippen molar-refractivity contribution in [1.82, 2.24) is 0 Å². The molecule has 3 aliphatic carbocycles. The number of rotatable bonds is 9. The number of benzene rings is 11. The standard InChI is InChI=1S/3C28H26N.C19H14N/c1-3-8-21-9-6-13-24(15-21)27-17-26(23-11-4-5-12-23)18-28(19-27)25-14-7-10-22(16-25)20-29-2;1-3-8-21-15-27(23-10-4-5-11-23)19-28(16-21)26-14-7-13-25(18-26)24-12-6-9-22(17-24)20-29-2;1-3-8-21-9-6-12-24(15-21)25-13-7-14-26(18-25)28-17-22(20-29-2)16-27(19-28)23-10-4-5-11-23;1-3-8-16-9-4-5-10-17(16)13-14-18-11-6-7-12-19(18)15-20-2/h6-7,9-10,13-19,23H,4-5,11-12H2,1-2H3;2*6-7,9,12-19,23H,4-5,10-11H2,1-2H3;4-7,9-12H,1-2H3/q4*+1/i3*23D;. The van der Waals surface area contributed by atoms with Gasteiger partial charge in [0, 0.05) is 37.5 Å². The van der Waals surface area contributed by atoms with E-state index in [1.54, 1.807) is 28.2 Å². The summed E-state index contributed by atoms with van der Waals surface area (Å²) in [5, 5.41) is 0. The van der Waals surface area contributed by atoms with Gasteiger partial charge in [-0.05, 0) is 283 Å². The molecule has 4 heteroatoms. The molecule has 0 heterocycles. The predicted molar refractivity (Wildman–Crippen MR) is 454 cm³/mol. The van der Waals surface area contributed by atoms with E-state index < -0.39 is 17.7 Å². The summed E-state index contributed by atoms with van der Waals surface area (Å²) in [6.07, 6.45) is 12.3. The lowest BCUT2D eigenvalue weighted by Gasteiger charge is -2.15. The first-order chi connectivity index (χ1) is 53.7. The summed E-state index contributed by atoms with van der Waals surface area (Å²) in [6.45, 7) is 7.41. The third kappa shape index (κ3) is 21.2. The van der Waals surface area contributed by atoms with Crippen molar-refractivity contribution in [3.05, 3.63) is 340 Å². The van der Waals surface area contributed by atoms with E-state index in [4.69, 9.17) is 4.11 Å². The molecule has 0 unspecified atom stereocenters. The maximum Gasteiger partial charge on any atom is 0.311 e. The molecule has 0 aliphatic heterocycles. The highest BCUT2D eigenvalue weighted by Crippen LogP contribution is 2.41. The van der Waals surface area contributed by atoms with Gasteiger partial charge in [0.15, 0.2) is 0 Å². The minimum absolute atomic E-state index is 0.485. The molecule has 0 radical (unpaired) electrons. The Morgan fingerprint density at radius 1 is 0.234 bits per heavy atom. The number of hydrogen-bond acceptors (Lipinski definition) is 0. The van der Waals surface area contributed by atoms with Crippen LogP contribution in [0.3, 0.4) is 0 Å². The van der Waals surface area contributed by atoms with Crippen LogP contribution in [0.2, 0.25) is 0 Å². The van der Waals surface area contributed by atoms with Gasteiger partial charge in [-0.25, -0.2) is 0 Å². The summed E-state index contributed by atoms with van der Waals surface area (Å²) in [7, 11) is 6.92. The zero-order valence-corrected chi connectivity index (χ0v) is 62.9. The molecule has 3 saturated carbocycles. The molecule has 0 N–H and O–H groups in total. The van der Waals surface area contributed by atoms with Gasteiger partial charge in [0.1, 0.15) is 22.3 Å². The maximum atomic E-state index is 9.11. The topological polar surface area (TPSA) is 17.4 Å². The Labute approximate surface area is 641 Å². The molecule has 0 aromatic heterocycles. The summed E-state index contributed by atoms with van der Waals surface area (Å²) in [5.74, 6) is 29.3. The fourth-order valence-corrected chi connectivity index (χ4v) is 14.0. The second kappa shape index (κ2) is 39.2. The minimum Gasteiger partial charge on any atom is -0.101 e. The first kappa shape index (κ1) is 71.2.